The monoisotopic (exact) mass is 256 g/mol. The predicted molar refractivity (Wildman–Crippen MR) is 70.2 cm³/mol. The summed E-state index contributed by atoms with van der Waals surface area (Å²) in [7, 11) is 1.38. The van der Waals surface area contributed by atoms with Gasteiger partial charge in [-0.25, -0.2) is 0 Å². The highest BCUT2D eigenvalue weighted by molar-refractivity contribution is 6.33. The molecule has 5 heteroatoms. The predicted octanol–water partition coefficient (Wildman–Crippen LogP) is 2.53. The van der Waals surface area contributed by atoms with Crippen molar-refractivity contribution in [1.29, 1.82) is 0 Å². The first-order valence-corrected chi connectivity index (χ1v) is 5.62. The summed E-state index contributed by atoms with van der Waals surface area (Å²) < 4.78 is 4.72. The molecule has 0 spiro atoms. The van der Waals surface area contributed by atoms with Gasteiger partial charge in [0.05, 0.1) is 23.2 Å². The lowest BCUT2D eigenvalue weighted by Gasteiger charge is -2.22. The smallest absolute Gasteiger partial charge is 0.313 e. The molecule has 0 aromatic heterocycles. The molecule has 94 valence electrons. The second kappa shape index (κ2) is 5.27. The molecule has 4 nitrogen and oxygen atoms in total. The Labute approximate surface area is 106 Å². The number of carbonyl (C=O) groups excluding carboxylic acids is 1. The van der Waals surface area contributed by atoms with Crippen LogP contribution in [0.15, 0.2) is 18.2 Å². The van der Waals surface area contributed by atoms with Crippen molar-refractivity contribution < 1.29 is 9.53 Å². The van der Waals surface area contributed by atoms with Gasteiger partial charge >= 0.3 is 5.97 Å². The van der Waals surface area contributed by atoms with Crippen molar-refractivity contribution in [3.63, 3.8) is 0 Å². The highest BCUT2D eigenvalue weighted by atomic mass is 35.5. The Morgan fingerprint density at radius 2 is 2.18 bits per heavy atom. The first kappa shape index (κ1) is 13.6. The maximum absolute atomic E-state index is 11.5. The van der Waals surface area contributed by atoms with Gasteiger partial charge in [0.15, 0.2) is 0 Å². The van der Waals surface area contributed by atoms with E-state index < -0.39 is 5.41 Å². The number of rotatable bonds is 4. The van der Waals surface area contributed by atoms with Gasteiger partial charge in [0.1, 0.15) is 0 Å². The molecule has 0 aliphatic heterocycles. The number of methoxy groups -OCH3 is 1. The lowest BCUT2D eigenvalue weighted by Crippen LogP contribution is -2.33. The first-order chi connectivity index (χ1) is 7.86. The molecular weight excluding hydrogens is 240 g/mol. The summed E-state index contributed by atoms with van der Waals surface area (Å²) in [6.07, 6.45) is 0. The summed E-state index contributed by atoms with van der Waals surface area (Å²) in [6, 6.07) is 5.19. The van der Waals surface area contributed by atoms with E-state index in [1.807, 2.05) is 0 Å². The summed E-state index contributed by atoms with van der Waals surface area (Å²) in [6.45, 7) is 4.04. The van der Waals surface area contributed by atoms with Gasteiger partial charge in [-0.1, -0.05) is 11.6 Å². The maximum atomic E-state index is 11.5. The highest BCUT2D eigenvalue weighted by Crippen LogP contribution is 2.26. The third kappa shape index (κ3) is 3.53. The van der Waals surface area contributed by atoms with Gasteiger partial charge in [-0.15, -0.1) is 0 Å². The van der Waals surface area contributed by atoms with Crippen LogP contribution < -0.4 is 11.1 Å². The fourth-order valence-electron chi connectivity index (χ4n) is 1.34. The number of anilines is 2. The van der Waals surface area contributed by atoms with Crippen LogP contribution in [0, 0.1) is 5.41 Å². The molecule has 3 N–H and O–H groups in total. The number of nitrogen functional groups attached to an aromatic ring is 1. The number of halogens is 1. The average molecular weight is 257 g/mol. The van der Waals surface area contributed by atoms with E-state index in [1.165, 1.54) is 7.11 Å². The van der Waals surface area contributed by atoms with Crippen LogP contribution >= 0.6 is 11.6 Å². The molecule has 0 bridgehead atoms. The minimum atomic E-state index is -0.612. The number of hydrogen-bond donors (Lipinski definition) is 2. The van der Waals surface area contributed by atoms with Crippen LogP contribution in [-0.4, -0.2) is 19.6 Å². The van der Waals surface area contributed by atoms with Gasteiger partial charge < -0.3 is 15.8 Å². The second-order valence-corrected chi connectivity index (χ2v) is 4.88. The molecule has 0 atom stereocenters. The van der Waals surface area contributed by atoms with Crippen molar-refractivity contribution in [1.82, 2.24) is 0 Å². The number of nitrogens with one attached hydrogen (secondary N) is 1. The molecule has 1 aromatic carbocycles. The van der Waals surface area contributed by atoms with E-state index in [-0.39, 0.29) is 5.97 Å². The average Bonchev–Trinajstić information content (AvgIpc) is 2.26. The van der Waals surface area contributed by atoms with E-state index in [2.05, 4.69) is 5.32 Å². The van der Waals surface area contributed by atoms with E-state index in [0.717, 1.165) is 5.69 Å². The number of carbonyl (C=O) groups is 1. The van der Waals surface area contributed by atoms with Crippen molar-refractivity contribution in [2.45, 2.75) is 13.8 Å². The lowest BCUT2D eigenvalue weighted by molar-refractivity contribution is -0.149. The van der Waals surface area contributed by atoms with Crippen molar-refractivity contribution in [2.24, 2.45) is 5.41 Å². The molecule has 1 aromatic rings. The SMILES string of the molecule is COC(=O)C(C)(C)CNc1ccc(N)cc1Cl. The summed E-state index contributed by atoms with van der Waals surface area (Å²) in [5, 5.41) is 3.64. The number of esters is 1. The summed E-state index contributed by atoms with van der Waals surface area (Å²) >= 11 is 6.01. The van der Waals surface area contributed by atoms with E-state index >= 15 is 0 Å². The van der Waals surface area contributed by atoms with Crippen LogP contribution in [0.2, 0.25) is 5.02 Å². The van der Waals surface area contributed by atoms with E-state index in [0.29, 0.717) is 17.3 Å². The van der Waals surface area contributed by atoms with Crippen LogP contribution in [0.25, 0.3) is 0 Å². The van der Waals surface area contributed by atoms with Crippen molar-refractivity contribution in [3.05, 3.63) is 23.2 Å². The van der Waals surface area contributed by atoms with Crippen molar-refractivity contribution in [2.75, 3.05) is 24.7 Å². The van der Waals surface area contributed by atoms with Gasteiger partial charge in [0, 0.05) is 12.2 Å². The third-order valence-corrected chi connectivity index (χ3v) is 2.76. The fraction of sp³-hybridized carbons (Fsp3) is 0.417. The molecule has 0 unspecified atom stereocenters. The summed E-state index contributed by atoms with van der Waals surface area (Å²) in [5.41, 5.74) is 6.33. The number of hydrogen-bond acceptors (Lipinski definition) is 4. The minimum Gasteiger partial charge on any atom is -0.469 e. The van der Waals surface area contributed by atoms with Crippen LogP contribution in [0.1, 0.15) is 13.8 Å². The normalized spacial score (nSPS) is 11.1. The first-order valence-electron chi connectivity index (χ1n) is 5.24. The molecule has 0 saturated heterocycles. The highest BCUT2D eigenvalue weighted by Gasteiger charge is 2.28. The third-order valence-electron chi connectivity index (χ3n) is 2.45. The Morgan fingerprint density at radius 3 is 2.71 bits per heavy atom. The fourth-order valence-corrected chi connectivity index (χ4v) is 1.60. The quantitative estimate of drug-likeness (QED) is 0.642. The zero-order valence-electron chi connectivity index (χ0n) is 10.2. The molecule has 0 heterocycles. The summed E-state index contributed by atoms with van der Waals surface area (Å²) in [4.78, 5) is 11.5. The zero-order chi connectivity index (χ0) is 13.1. The van der Waals surface area contributed by atoms with E-state index in [9.17, 15) is 4.79 Å². The van der Waals surface area contributed by atoms with Gasteiger partial charge in [0.2, 0.25) is 0 Å². The molecule has 0 aliphatic rings. The zero-order valence-corrected chi connectivity index (χ0v) is 11.0. The number of nitrogens with two attached hydrogens (primary N) is 1. The topological polar surface area (TPSA) is 64.3 Å². The Bertz CT molecular complexity index is 419. The van der Waals surface area contributed by atoms with Crippen LogP contribution in [-0.2, 0) is 9.53 Å². The van der Waals surface area contributed by atoms with Gasteiger partial charge in [-0.3, -0.25) is 4.79 Å². The lowest BCUT2D eigenvalue weighted by atomic mass is 9.93. The van der Waals surface area contributed by atoms with Gasteiger partial charge in [-0.05, 0) is 32.0 Å². The standard InChI is InChI=1S/C12H17ClN2O2/c1-12(2,11(16)17-3)7-15-10-5-4-8(14)6-9(10)13/h4-6,15H,7,14H2,1-3H3. The Hall–Kier alpha value is -1.42. The Kier molecular flexibility index (Phi) is 4.23. The number of ether oxygens (including phenoxy) is 1. The van der Waals surface area contributed by atoms with Gasteiger partial charge in [-0.2, -0.15) is 0 Å². The minimum absolute atomic E-state index is 0.267. The largest absolute Gasteiger partial charge is 0.469 e. The Morgan fingerprint density at radius 1 is 1.53 bits per heavy atom. The van der Waals surface area contributed by atoms with Crippen LogP contribution in [0.3, 0.4) is 0 Å². The molecule has 0 amide bonds. The molecule has 17 heavy (non-hydrogen) atoms. The van der Waals surface area contributed by atoms with Crippen LogP contribution in [0.4, 0.5) is 11.4 Å². The molecule has 0 saturated carbocycles. The van der Waals surface area contributed by atoms with Crippen LogP contribution in [0.5, 0.6) is 0 Å². The van der Waals surface area contributed by atoms with E-state index in [4.69, 9.17) is 22.1 Å². The second-order valence-electron chi connectivity index (χ2n) is 4.47. The Balaban J connectivity index is 2.70. The summed E-state index contributed by atoms with van der Waals surface area (Å²) in [5.74, 6) is -0.267. The molecule has 0 aliphatic carbocycles. The van der Waals surface area contributed by atoms with E-state index in [1.54, 1.807) is 32.0 Å². The molecule has 0 fully saturated rings. The van der Waals surface area contributed by atoms with Crippen molar-refractivity contribution in [3.8, 4) is 0 Å². The van der Waals surface area contributed by atoms with Crippen molar-refractivity contribution >= 4 is 28.9 Å². The van der Waals surface area contributed by atoms with Gasteiger partial charge in [0.25, 0.3) is 0 Å². The molecule has 0 radical (unpaired) electrons. The molecule has 1 rings (SSSR count). The molecular formula is C12H17ClN2O2. The maximum Gasteiger partial charge on any atom is 0.313 e. The number of benzene rings is 1.